The molecule has 1 saturated carbocycles. The van der Waals surface area contributed by atoms with Crippen LogP contribution in [0.1, 0.15) is 18.7 Å². The molecule has 1 aliphatic carbocycles. The Morgan fingerprint density at radius 3 is 2.75 bits per heavy atom. The van der Waals surface area contributed by atoms with Crippen molar-refractivity contribution in [3.05, 3.63) is 34.6 Å². The summed E-state index contributed by atoms with van der Waals surface area (Å²) in [6, 6.07) is 7.84. The topological polar surface area (TPSA) is 62.5 Å². The van der Waals surface area contributed by atoms with E-state index in [4.69, 9.17) is 4.52 Å². The van der Waals surface area contributed by atoms with Crippen molar-refractivity contribution in [3.63, 3.8) is 0 Å². The number of rotatable bonds is 4. The summed E-state index contributed by atoms with van der Waals surface area (Å²) in [4.78, 5) is 20.8. The van der Waals surface area contributed by atoms with Gasteiger partial charge in [-0.25, -0.2) is 0 Å². The third-order valence-corrected chi connectivity index (χ3v) is 5.01. The summed E-state index contributed by atoms with van der Waals surface area (Å²) < 4.78 is 6.37. The zero-order chi connectivity index (χ0) is 16.5. The molecule has 1 aliphatic heterocycles. The second-order valence-electron chi connectivity index (χ2n) is 6.40. The molecule has 1 amide bonds. The van der Waals surface area contributed by atoms with Crippen molar-refractivity contribution in [2.24, 2.45) is 5.92 Å². The van der Waals surface area contributed by atoms with Gasteiger partial charge in [0.15, 0.2) is 0 Å². The van der Waals surface area contributed by atoms with Gasteiger partial charge in [-0.3, -0.25) is 9.69 Å². The Hall–Kier alpha value is -1.73. The first-order valence-corrected chi connectivity index (χ1v) is 9.08. The summed E-state index contributed by atoms with van der Waals surface area (Å²) in [6.45, 7) is 3.93. The number of hydrogen-bond acceptors (Lipinski definition) is 5. The SMILES string of the molecule is O=C(C1CC1)N1CCN(Cc2nc(-c3cccc(Br)c3)no2)CC1. The highest BCUT2D eigenvalue weighted by molar-refractivity contribution is 9.10. The predicted octanol–water partition coefficient (Wildman–Crippen LogP) is 2.55. The molecule has 0 spiro atoms. The van der Waals surface area contributed by atoms with Crippen LogP contribution in [0.4, 0.5) is 0 Å². The van der Waals surface area contributed by atoms with E-state index in [0.29, 0.717) is 30.1 Å². The molecule has 126 valence electrons. The third-order valence-electron chi connectivity index (χ3n) is 4.52. The lowest BCUT2D eigenvalue weighted by Gasteiger charge is -2.34. The largest absolute Gasteiger partial charge is 0.340 e. The summed E-state index contributed by atoms with van der Waals surface area (Å²) in [5.41, 5.74) is 0.930. The number of nitrogens with zero attached hydrogens (tertiary/aromatic N) is 4. The van der Waals surface area contributed by atoms with E-state index >= 15 is 0 Å². The second-order valence-corrected chi connectivity index (χ2v) is 7.31. The molecular formula is C17H19BrN4O2. The highest BCUT2D eigenvalue weighted by atomic mass is 79.9. The zero-order valence-electron chi connectivity index (χ0n) is 13.3. The molecular weight excluding hydrogens is 372 g/mol. The van der Waals surface area contributed by atoms with Crippen LogP contribution in [0.3, 0.4) is 0 Å². The fourth-order valence-corrected chi connectivity index (χ4v) is 3.37. The first kappa shape index (κ1) is 15.8. The number of halogens is 1. The molecule has 2 aromatic rings. The fourth-order valence-electron chi connectivity index (χ4n) is 2.97. The molecule has 0 N–H and O–H groups in total. The highest BCUT2D eigenvalue weighted by Gasteiger charge is 2.34. The minimum atomic E-state index is 0.306. The van der Waals surface area contributed by atoms with Gasteiger partial charge >= 0.3 is 0 Å². The summed E-state index contributed by atoms with van der Waals surface area (Å²) in [6.07, 6.45) is 2.14. The van der Waals surface area contributed by atoms with Crippen LogP contribution in [0, 0.1) is 5.92 Å². The number of carbonyl (C=O) groups excluding carboxylic acids is 1. The lowest BCUT2D eigenvalue weighted by Crippen LogP contribution is -2.48. The van der Waals surface area contributed by atoms with E-state index in [2.05, 4.69) is 31.0 Å². The molecule has 1 aromatic heterocycles. The van der Waals surface area contributed by atoms with Crippen molar-refractivity contribution in [1.29, 1.82) is 0 Å². The van der Waals surface area contributed by atoms with E-state index in [-0.39, 0.29) is 0 Å². The summed E-state index contributed by atoms with van der Waals surface area (Å²) in [5, 5.41) is 4.07. The molecule has 7 heteroatoms. The minimum Gasteiger partial charge on any atom is -0.340 e. The molecule has 0 radical (unpaired) electrons. The van der Waals surface area contributed by atoms with E-state index in [1.165, 1.54) is 0 Å². The number of benzene rings is 1. The molecule has 4 rings (SSSR count). The molecule has 2 fully saturated rings. The van der Waals surface area contributed by atoms with E-state index in [9.17, 15) is 4.79 Å². The highest BCUT2D eigenvalue weighted by Crippen LogP contribution is 2.31. The predicted molar refractivity (Wildman–Crippen MR) is 92.0 cm³/mol. The molecule has 0 bridgehead atoms. The van der Waals surface area contributed by atoms with E-state index in [0.717, 1.165) is 49.1 Å². The van der Waals surface area contributed by atoms with Gasteiger partial charge in [0.25, 0.3) is 0 Å². The van der Waals surface area contributed by atoms with Gasteiger partial charge in [0.1, 0.15) is 0 Å². The standard InChI is InChI=1S/C17H19BrN4O2/c18-14-3-1-2-13(10-14)16-19-15(24-20-16)11-21-6-8-22(9-7-21)17(23)12-4-5-12/h1-3,10,12H,4-9,11H2. The van der Waals surface area contributed by atoms with Crippen LogP contribution < -0.4 is 0 Å². The lowest BCUT2D eigenvalue weighted by atomic mass is 10.2. The summed E-state index contributed by atoms with van der Waals surface area (Å²) >= 11 is 3.45. The zero-order valence-corrected chi connectivity index (χ0v) is 14.9. The van der Waals surface area contributed by atoms with Crippen LogP contribution in [0.2, 0.25) is 0 Å². The van der Waals surface area contributed by atoms with Gasteiger partial charge in [0, 0.05) is 42.1 Å². The van der Waals surface area contributed by atoms with Crippen molar-refractivity contribution < 1.29 is 9.32 Å². The maximum atomic E-state index is 12.1. The van der Waals surface area contributed by atoms with Gasteiger partial charge in [0.05, 0.1) is 6.54 Å². The van der Waals surface area contributed by atoms with Crippen LogP contribution in [0.5, 0.6) is 0 Å². The van der Waals surface area contributed by atoms with Crippen molar-refractivity contribution in [1.82, 2.24) is 19.9 Å². The number of hydrogen-bond donors (Lipinski definition) is 0. The van der Waals surface area contributed by atoms with Crippen LogP contribution in [-0.2, 0) is 11.3 Å². The van der Waals surface area contributed by atoms with Gasteiger partial charge in [-0.05, 0) is 25.0 Å². The van der Waals surface area contributed by atoms with Crippen LogP contribution in [0.15, 0.2) is 33.3 Å². The molecule has 1 aromatic carbocycles. The molecule has 2 aliphatic rings. The first-order chi connectivity index (χ1) is 11.7. The van der Waals surface area contributed by atoms with Gasteiger partial charge in [-0.1, -0.05) is 33.2 Å². The van der Waals surface area contributed by atoms with E-state index in [1.54, 1.807) is 0 Å². The lowest BCUT2D eigenvalue weighted by molar-refractivity contribution is -0.134. The second kappa shape index (κ2) is 6.64. The van der Waals surface area contributed by atoms with Gasteiger partial charge in [0.2, 0.25) is 17.6 Å². The maximum absolute atomic E-state index is 12.1. The Balaban J connectivity index is 1.34. The Bertz CT molecular complexity index is 736. The smallest absolute Gasteiger partial charge is 0.241 e. The number of aromatic nitrogens is 2. The van der Waals surface area contributed by atoms with E-state index < -0.39 is 0 Å². The normalized spacial score (nSPS) is 18.8. The van der Waals surface area contributed by atoms with Crippen molar-refractivity contribution >= 4 is 21.8 Å². The number of carbonyl (C=O) groups is 1. The van der Waals surface area contributed by atoms with Gasteiger partial charge in [-0.15, -0.1) is 0 Å². The fraction of sp³-hybridized carbons (Fsp3) is 0.471. The Kier molecular flexibility index (Phi) is 4.37. The van der Waals surface area contributed by atoms with Crippen molar-refractivity contribution in [2.75, 3.05) is 26.2 Å². The molecule has 1 saturated heterocycles. The van der Waals surface area contributed by atoms with Crippen LogP contribution in [0.25, 0.3) is 11.4 Å². The van der Waals surface area contributed by atoms with Gasteiger partial charge in [-0.2, -0.15) is 4.98 Å². The minimum absolute atomic E-state index is 0.306. The Morgan fingerprint density at radius 2 is 2.04 bits per heavy atom. The maximum Gasteiger partial charge on any atom is 0.241 e. The Morgan fingerprint density at radius 1 is 1.25 bits per heavy atom. The average molecular weight is 391 g/mol. The van der Waals surface area contributed by atoms with Crippen molar-refractivity contribution in [2.45, 2.75) is 19.4 Å². The van der Waals surface area contributed by atoms with Gasteiger partial charge < -0.3 is 9.42 Å². The average Bonchev–Trinajstić information content (AvgIpc) is 3.34. The summed E-state index contributed by atoms with van der Waals surface area (Å²) in [5.74, 6) is 1.87. The van der Waals surface area contributed by atoms with Crippen LogP contribution >= 0.6 is 15.9 Å². The van der Waals surface area contributed by atoms with Crippen molar-refractivity contribution in [3.8, 4) is 11.4 Å². The molecule has 2 heterocycles. The monoisotopic (exact) mass is 390 g/mol. The number of piperazine rings is 1. The summed E-state index contributed by atoms with van der Waals surface area (Å²) in [7, 11) is 0. The molecule has 0 atom stereocenters. The molecule has 6 nitrogen and oxygen atoms in total. The molecule has 0 unspecified atom stereocenters. The quantitative estimate of drug-likeness (QED) is 0.802. The van der Waals surface area contributed by atoms with Crippen LogP contribution in [-0.4, -0.2) is 52.0 Å². The van der Waals surface area contributed by atoms with E-state index in [1.807, 2.05) is 29.2 Å². The Labute approximate surface area is 148 Å². The number of amides is 1. The first-order valence-electron chi connectivity index (χ1n) is 8.29. The third kappa shape index (κ3) is 3.52. The molecule has 24 heavy (non-hydrogen) atoms.